The maximum Gasteiger partial charge on any atom is 0.416 e. The molecule has 7 heteroatoms. The van der Waals surface area contributed by atoms with Gasteiger partial charge in [-0.25, -0.2) is 5.43 Å². The highest BCUT2D eigenvalue weighted by Gasteiger charge is 2.31. The predicted octanol–water partition coefficient (Wildman–Crippen LogP) is 4.39. The van der Waals surface area contributed by atoms with Gasteiger partial charge in [0.05, 0.1) is 15.4 Å². The lowest BCUT2D eigenvalue weighted by molar-refractivity contribution is -0.137. The fraction of sp³-hybridized carbons (Fsp3) is 0.231. The summed E-state index contributed by atoms with van der Waals surface area (Å²) in [5.41, 5.74) is 3.28. The molecule has 0 bridgehead atoms. The molecule has 0 amide bonds. The second-order valence-corrected chi connectivity index (χ2v) is 6.81. The first-order chi connectivity index (χ1) is 9.32. The number of aryl methyl sites for hydroxylation is 1. The second kappa shape index (κ2) is 5.85. The Bertz CT molecular complexity index is 610. The standard InChI is InChI=1S/C13H12BrF3N2S/c1-7-6-8(13(15,16)17)2-3-9(7)12(19-18)10-4-5-11(14)20-10/h2-6,12,19H,18H2,1H3. The number of alkyl halides is 3. The fourth-order valence-electron chi connectivity index (χ4n) is 1.98. The van der Waals surface area contributed by atoms with E-state index in [2.05, 4.69) is 21.4 Å². The molecule has 0 saturated heterocycles. The lowest BCUT2D eigenvalue weighted by Gasteiger charge is -2.18. The number of hydrogen-bond donors (Lipinski definition) is 2. The molecule has 108 valence electrons. The van der Waals surface area contributed by atoms with Crippen molar-refractivity contribution in [3.8, 4) is 0 Å². The smallest absolute Gasteiger partial charge is 0.271 e. The van der Waals surface area contributed by atoms with E-state index in [1.165, 1.54) is 17.4 Å². The molecule has 0 radical (unpaired) electrons. The Morgan fingerprint density at radius 1 is 1.25 bits per heavy atom. The summed E-state index contributed by atoms with van der Waals surface area (Å²) in [4.78, 5) is 0.933. The molecule has 0 aliphatic rings. The predicted molar refractivity (Wildman–Crippen MR) is 77.4 cm³/mol. The van der Waals surface area contributed by atoms with Crippen LogP contribution in [0, 0.1) is 6.92 Å². The monoisotopic (exact) mass is 364 g/mol. The summed E-state index contributed by atoms with van der Waals surface area (Å²) in [6, 6.07) is 7.13. The van der Waals surface area contributed by atoms with Crippen LogP contribution in [0.3, 0.4) is 0 Å². The van der Waals surface area contributed by atoms with Crippen LogP contribution in [-0.4, -0.2) is 0 Å². The van der Waals surface area contributed by atoms with E-state index in [-0.39, 0.29) is 6.04 Å². The highest BCUT2D eigenvalue weighted by Crippen LogP contribution is 2.35. The van der Waals surface area contributed by atoms with Crippen LogP contribution in [0.1, 0.15) is 27.6 Å². The summed E-state index contributed by atoms with van der Waals surface area (Å²) in [5, 5.41) is 0. The van der Waals surface area contributed by atoms with Gasteiger partial charge in [0, 0.05) is 4.88 Å². The molecular weight excluding hydrogens is 353 g/mol. The van der Waals surface area contributed by atoms with Crippen molar-refractivity contribution in [1.82, 2.24) is 5.43 Å². The Balaban J connectivity index is 2.41. The van der Waals surface area contributed by atoms with Gasteiger partial charge in [0.1, 0.15) is 0 Å². The molecule has 0 saturated carbocycles. The highest BCUT2D eigenvalue weighted by molar-refractivity contribution is 9.11. The molecular formula is C13H12BrF3N2S. The third kappa shape index (κ3) is 3.22. The summed E-state index contributed by atoms with van der Waals surface area (Å²) in [6.45, 7) is 1.65. The highest BCUT2D eigenvalue weighted by atomic mass is 79.9. The average Bonchev–Trinajstić information content (AvgIpc) is 2.77. The van der Waals surface area contributed by atoms with Crippen LogP contribution in [0.2, 0.25) is 0 Å². The van der Waals surface area contributed by atoms with E-state index < -0.39 is 11.7 Å². The number of nitrogens with one attached hydrogen (secondary N) is 1. The topological polar surface area (TPSA) is 38.0 Å². The normalized spacial score (nSPS) is 13.5. The molecule has 2 aromatic rings. The summed E-state index contributed by atoms with van der Waals surface area (Å²) in [6.07, 6.45) is -4.33. The molecule has 2 rings (SSSR count). The van der Waals surface area contributed by atoms with Crippen LogP contribution in [0.5, 0.6) is 0 Å². The van der Waals surface area contributed by atoms with E-state index >= 15 is 0 Å². The zero-order valence-electron chi connectivity index (χ0n) is 10.5. The number of thiophene rings is 1. The largest absolute Gasteiger partial charge is 0.416 e. The van der Waals surface area contributed by atoms with E-state index in [4.69, 9.17) is 5.84 Å². The average molecular weight is 365 g/mol. The van der Waals surface area contributed by atoms with Gasteiger partial charge in [0.2, 0.25) is 0 Å². The Morgan fingerprint density at radius 3 is 2.40 bits per heavy atom. The molecule has 0 spiro atoms. The minimum Gasteiger partial charge on any atom is -0.271 e. The number of rotatable bonds is 3. The Morgan fingerprint density at radius 2 is 1.95 bits per heavy atom. The number of halogens is 4. The van der Waals surface area contributed by atoms with Crippen LogP contribution in [0.15, 0.2) is 34.1 Å². The lowest BCUT2D eigenvalue weighted by atomic mass is 9.98. The Hall–Kier alpha value is -0.890. The maximum absolute atomic E-state index is 12.7. The van der Waals surface area contributed by atoms with Gasteiger partial charge in [-0.05, 0) is 58.2 Å². The molecule has 1 atom stereocenters. The minimum absolute atomic E-state index is 0.325. The van der Waals surface area contributed by atoms with Crippen molar-refractivity contribution in [2.75, 3.05) is 0 Å². The first-order valence-corrected chi connectivity index (χ1v) is 7.33. The molecule has 0 aliphatic heterocycles. The molecule has 0 aliphatic carbocycles. The minimum atomic E-state index is -4.33. The van der Waals surface area contributed by atoms with Crippen molar-refractivity contribution in [2.45, 2.75) is 19.1 Å². The Kier molecular flexibility index (Phi) is 4.53. The molecule has 2 nitrogen and oxygen atoms in total. The number of hydrazine groups is 1. The van der Waals surface area contributed by atoms with Gasteiger partial charge in [-0.2, -0.15) is 13.2 Å². The van der Waals surface area contributed by atoms with Crippen molar-refractivity contribution in [1.29, 1.82) is 0 Å². The van der Waals surface area contributed by atoms with E-state index in [1.54, 1.807) is 6.92 Å². The van der Waals surface area contributed by atoms with Crippen molar-refractivity contribution < 1.29 is 13.2 Å². The molecule has 20 heavy (non-hydrogen) atoms. The summed E-state index contributed by atoms with van der Waals surface area (Å²) in [7, 11) is 0. The molecule has 1 unspecified atom stereocenters. The van der Waals surface area contributed by atoms with E-state index in [0.29, 0.717) is 5.56 Å². The van der Waals surface area contributed by atoms with Gasteiger partial charge in [0.25, 0.3) is 0 Å². The van der Waals surface area contributed by atoms with Crippen molar-refractivity contribution in [2.24, 2.45) is 5.84 Å². The molecule has 0 fully saturated rings. The first kappa shape index (κ1) is 15.5. The zero-order valence-corrected chi connectivity index (χ0v) is 12.9. The van der Waals surface area contributed by atoms with Crippen molar-refractivity contribution >= 4 is 27.3 Å². The number of nitrogens with two attached hydrogens (primary N) is 1. The van der Waals surface area contributed by atoms with Crippen LogP contribution >= 0.6 is 27.3 Å². The first-order valence-electron chi connectivity index (χ1n) is 5.72. The summed E-state index contributed by atoms with van der Waals surface area (Å²) >= 11 is 4.85. The Labute approximate surface area is 126 Å². The second-order valence-electron chi connectivity index (χ2n) is 4.31. The van der Waals surface area contributed by atoms with Gasteiger partial charge in [0.15, 0.2) is 0 Å². The van der Waals surface area contributed by atoms with E-state index in [1.807, 2.05) is 12.1 Å². The molecule has 1 aromatic heterocycles. The van der Waals surface area contributed by atoms with E-state index in [9.17, 15) is 13.2 Å². The van der Waals surface area contributed by atoms with Crippen molar-refractivity contribution in [3.05, 3.63) is 55.7 Å². The zero-order chi connectivity index (χ0) is 14.9. The quantitative estimate of drug-likeness (QED) is 0.626. The van der Waals surface area contributed by atoms with Crippen LogP contribution in [-0.2, 0) is 6.18 Å². The van der Waals surface area contributed by atoms with Gasteiger partial charge in [-0.3, -0.25) is 5.84 Å². The van der Waals surface area contributed by atoms with Crippen molar-refractivity contribution in [3.63, 3.8) is 0 Å². The fourth-order valence-corrected chi connectivity index (χ4v) is 3.49. The van der Waals surface area contributed by atoms with Crippen LogP contribution in [0.4, 0.5) is 13.2 Å². The number of benzene rings is 1. The summed E-state index contributed by atoms with van der Waals surface area (Å²) < 4.78 is 38.9. The third-order valence-electron chi connectivity index (χ3n) is 2.95. The van der Waals surface area contributed by atoms with Gasteiger partial charge >= 0.3 is 6.18 Å². The van der Waals surface area contributed by atoms with Gasteiger partial charge in [-0.1, -0.05) is 6.07 Å². The lowest BCUT2D eigenvalue weighted by Crippen LogP contribution is -2.28. The molecule has 3 N–H and O–H groups in total. The van der Waals surface area contributed by atoms with Gasteiger partial charge in [-0.15, -0.1) is 11.3 Å². The molecule has 1 aromatic carbocycles. The van der Waals surface area contributed by atoms with Crippen LogP contribution < -0.4 is 11.3 Å². The molecule has 1 heterocycles. The van der Waals surface area contributed by atoms with Gasteiger partial charge < -0.3 is 0 Å². The number of hydrogen-bond acceptors (Lipinski definition) is 3. The van der Waals surface area contributed by atoms with E-state index in [0.717, 1.165) is 26.4 Å². The SMILES string of the molecule is Cc1cc(C(F)(F)F)ccc1C(NN)c1ccc(Br)s1. The third-order valence-corrected chi connectivity index (χ3v) is 4.64. The maximum atomic E-state index is 12.7. The summed E-state index contributed by atoms with van der Waals surface area (Å²) in [5.74, 6) is 5.56. The van der Waals surface area contributed by atoms with Crippen LogP contribution in [0.25, 0.3) is 0 Å².